The smallest absolute Gasteiger partial charge is 0.332 e. The first-order valence-electron chi connectivity index (χ1n) is 7.08. The summed E-state index contributed by atoms with van der Waals surface area (Å²) in [7, 11) is 0. The average molecular weight is 293 g/mol. The first-order valence-corrected chi connectivity index (χ1v) is 7.08. The molecular formula is C15H23N3O3. The third-order valence-electron chi connectivity index (χ3n) is 2.61. The molecular weight excluding hydrogens is 270 g/mol. The number of nitrogens with one attached hydrogen (secondary N) is 1. The van der Waals surface area contributed by atoms with Gasteiger partial charge in [-0.25, -0.2) is 10.2 Å². The summed E-state index contributed by atoms with van der Waals surface area (Å²) < 4.78 is 11.3. The summed E-state index contributed by atoms with van der Waals surface area (Å²) in [6.45, 7) is 7.11. The summed E-state index contributed by atoms with van der Waals surface area (Å²) in [5, 5.41) is 3.93. The number of nitrogens with zero attached hydrogens (tertiary/aromatic N) is 1. The van der Waals surface area contributed by atoms with E-state index < -0.39 is 6.03 Å². The monoisotopic (exact) mass is 293 g/mol. The Bertz CT molecular complexity index is 501. The van der Waals surface area contributed by atoms with Crippen LogP contribution >= 0.6 is 0 Å². The maximum Gasteiger partial charge on any atom is 0.332 e. The van der Waals surface area contributed by atoms with Gasteiger partial charge in [-0.15, -0.1) is 0 Å². The van der Waals surface area contributed by atoms with Gasteiger partial charge in [-0.1, -0.05) is 13.8 Å². The van der Waals surface area contributed by atoms with Crippen molar-refractivity contribution in [3.63, 3.8) is 0 Å². The fraction of sp³-hybridized carbons (Fsp3) is 0.467. The molecule has 6 heteroatoms. The number of hydrogen-bond donors (Lipinski definition) is 2. The van der Waals surface area contributed by atoms with Gasteiger partial charge in [0.25, 0.3) is 0 Å². The molecule has 116 valence electrons. The molecule has 2 amide bonds. The molecule has 1 aromatic carbocycles. The lowest BCUT2D eigenvalue weighted by Gasteiger charge is -2.13. The van der Waals surface area contributed by atoms with Gasteiger partial charge in [-0.3, -0.25) is 0 Å². The van der Waals surface area contributed by atoms with E-state index in [0.29, 0.717) is 24.7 Å². The van der Waals surface area contributed by atoms with Crippen molar-refractivity contribution in [1.29, 1.82) is 0 Å². The molecule has 21 heavy (non-hydrogen) atoms. The largest absolute Gasteiger partial charge is 0.493 e. The first kappa shape index (κ1) is 16.8. The van der Waals surface area contributed by atoms with E-state index >= 15 is 0 Å². The third-order valence-corrected chi connectivity index (χ3v) is 2.61. The number of hydrazone groups is 1. The summed E-state index contributed by atoms with van der Waals surface area (Å²) >= 11 is 0. The van der Waals surface area contributed by atoms with Crippen molar-refractivity contribution in [2.75, 3.05) is 13.2 Å². The van der Waals surface area contributed by atoms with Crippen LogP contribution in [0.1, 0.15) is 39.2 Å². The molecule has 0 saturated carbocycles. The summed E-state index contributed by atoms with van der Waals surface area (Å²) in [5.74, 6) is 1.43. The van der Waals surface area contributed by atoms with E-state index in [1.165, 1.54) is 0 Å². The molecule has 0 aliphatic carbocycles. The number of nitrogens with two attached hydrogens (primary N) is 1. The lowest BCUT2D eigenvalue weighted by atomic mass is 10.1. The predicted octanol–water partition coefficient (Wildman–Crippen LogP) is 2.66. The number of ether oxygens (including phenoxy) is 2. The van der Waals surface area contributed by atoms with Crippen LogP contribution in [-0.2, 0) is 0 Å². The van der Waals surface area contributed by atoms with Gasteiger partial charge in [0.05, 0.1) is 18.9 Å². The minimum absolute atomic E-state index is 0.598. The SMILES string of the molecule is CCCOc1ccc(/C(C)=N\NC(N)=O)c(OCCC)c1. The van der Waals surface area contributed by atoms with Gasteiger partial charge >= 0.3 is 6.03 Å². The van der Waals surface area contributed by atoms with Crippen molar-refractivity contribution in [3.05, 3.63) is 23.8 Å². The van der Waals surface area contributed by atoms with Crippen molar-refractivity contribution < 1.29 is 14.3 Å². The molecule has 0 unspecified atom stereocenters. The quantitative estimate of drug-likeness (QED) is 0.570. The highest BCUT2D eigenvalue weighted by Gasteiger charge is 2.09. The molecule has 1 aromatic rings. The second-order valence-electron chi connectivity index (χ2n) is 4.53. The van der Waals surface area contributed by atoms with Gasteiger partial charge in [0.15, 0.2) is 0 Å². The lowest BCUT2D eigenvalue weighted by molar-refractivity contribution is 0.249. The average Bonchev–Trinajstić information content (AvgIpc) is 2.48. The van der Waals surface area contributed by atoms with E-state index in [1.807, 2.05) is 25.1 Å². The highest BCUT2D eigenvalue weighted by Crippen LogP contribution is 2.26. The van der Waals surface area contributed by atoms with Crippen LogP contribution in [0.4, 0.5) is 4.79 Å². The highest BCUT2D eigenvalue weighted by atomic mass is 16.5. The number of hydrogen-bond acceptors (Lipinski definition) is 4. The molecule has 0 aromatic heterocycles. The minimum atomic E-state index is -0.701. The van der Waals surface area contributed by atoms with Crippen molar-refractivity contribution in [1.82, 2.24) is 5.43 Å². The number of amides is 2. The summed E-state index contributed by atoms with van der Waals surface area (Å²) in [4.78, 5) is 10.7. The fourth-order valence-electron chi connectivity index (χ4n) is 1.64. The van der Waals surface area contributed by atoms with Crippen LogP contribution in [0.25, 0.3) is 0 Å². The molecule has 3 N–H and O–H groups in total. The summed E-state index contributed by atoms with van der Waals surface area (Å²) in [5.41, 5.74) is 8.63. The number of primary amides is 1. The van der Waals surface area contributed by atoms with Gasteiger partial charge in [-0.05, 0) is 31.9 Å². The van der Waals surface area contributed by atoms with E-state index in [2.05, 4.69) is 17.5 Å². The van der Waals surface area contributed by atoms with E-state index in [1.54, 1.807) is 6.92 Å². The topological polar surface area (TPSA) is 85.9 Å². The zero-order chi connectivity index (χ0) is 15.7. The maximum atomic E-state index is 10.7. The Morgan fingerprint density at radius 1 is 1.24 bits per heavy atom. The van der Waals surface area contributed by atoms with Crippen LogP contribution in [0.5, 0.6) is 11.5 Å². The van der Waals surface area contributed by atoms with Gasteiger partial charge in [0, 0.05) is 11.6 Å². The summed E-state index contributed by atoms with van der Waals surface area (Å²) in [6, 6.07) is 4.85. The molecule has 0 heterocycles. The number of urea groups is 1. The molecule has 0 bridgehead atoms. The third kappa shape index (κ3) is 5.72. The van der Waals surface area contributed by atoms with Gasteiger partial charge in [-0.2, -0.15) is 5.10 Å². The van der Waals surface area contributed by atoms with Crippen molar-refractivity contribution in [2.45, 2.75) is 33.6 Å². The predicted molar refractivity (Wildman–Crippen MR) is 82.9 cm³/mol. The Morgan fingerprint density at radius 2 is 1.90 bits per heavy atom. The zero-order valence-corrected chi connectivity index (χ0v) is 12.8. The van der Waals surface area contributed by atoms with Gasteiger partial charge < -0.3 is 15.2 Å². The van der Waals surface area contributed by atoms with Crippen LogP contribution < -0.4 is 20.6 Å². The van der Waals surface area contributed by atoms with Crippen LogP contribution in [0.3, 0.4) is 0 Å². The number of carbonyl (C=O) groups excluding carboxylic acids is 1. The molecule has 0 aliphatic heterocycles. The van der Waals surface area contributed by atoms with Crippen molar-refractivity contribution >= 4 is 11.7 Å². The molecule has 0 radical (unpaired) electrons. The number of benzene rings is 1. The first-order chi connectivity index (χ1) is 10.1. The second kappa shape index (κ2) is 8.84. The molecule has 0 aliphatic rings. The molecule has 6 nitrogen and oxygen atoms in total. The van der Waals surface area contributed by atoms with E-state index in [0.717, 1.165) is 24.2 Å². The van der Waals surface area contributed by atoms with E-state index in [4.69, 9.17) is 15.2 Å². The molecule has 0 atom stereocenters. The molecule has 1 rings (SSSR count). The Kier molecular flexibility index (Phi) is 7.08. The maximum absolute atomic E-state index is 10.7. The highest BCUT2D eigenvalue weighted by molar-refractivity contribution is 6.01. The van der Waals surface area contributed by atoms with E-state index in [9.17, 15) is 4.79 Å². The lowest BCUT2D eigenvalue weighted by Crippen LogP contribution is -2.25. The molecule has 0 fully saturated rings. The minimum Gasteiger partial charge on any atom is -0.493 e. The van der Waals surface area contributed by atoms with E-state index in [-0.39, 0.29) is 0 Å². The molecule has 0 spiro atoms. The Hall–Kier alpha value is -2.24. The summed E-state index contributed by atoms with van der Waals surface area (Å²) in [6.07, 6.45) is 1.84. The van der Waals surface area contributed by atoms with Crippen LogP contribution in [-0.4, -0.2) is 25.0 Å². The van der Waals surface area contributed by atoms with Gasteiger partial charge in [0.1, 0.15) is 11.5 Å². The van der Waals surface area contributed by atoms with Gasteiger partial charge in [0.2, 0.25) is 0 Å². The number of rotatable bonds is 8. The Balaban J connectivity index is 2.99. The Morgan fingerprint density at radius 3 is 2.52 bits per heavy atom. The standard InChI is InChI=1S/C15H23N3O3/c1-4-8-20-12-6-7-13(11(3)17-18-15(16)19)14(10-12)21-9-5-2/h6-7,10H,4-5,8-9H2,1-3H3,(H3,16,18,19)/b17-11-. The normalized spacial score (nSPS) is 11.1. The van der Waals surface area contributed by atoms with Crippen molar-refractivity contribution in [3.8, 4) is 11.5 Å². The van der Waals surface area contributed by atoms with Crippen LogP contribution in [0, 0.1) is 0 Å². The fourth-order valence-corrected chi connectivity index (χ4v) is 1.64. The van der Waals surface area contributed by atoms with Crippen molar-refractivity contribution in [2.24, 2.45) is 10.8 Å². The second-order valence-corrected chi connectivity index (χ2v) is 4.53. The molecule has 0 saturated heterocycles. The Labute approximate surface area is 125 Å². The van der Waals surface area contributed by atoms with Crippen LogP contribution in [0.15, 0.2) is 23.3 Å². The zero-order valence-electron chi connectivity index (χ0n) is 12.8. The number of carbonyl (C=O) groups is 1. The van der Waals surface area contributed by atoms with Crippen LogP contribution in [0.2, 0.25) is 0 Å².